The van der Waals surface area contributed by atoms with E-state index in [1.165, 1.54) is 64.2 Å². The Kier molecular flexibility index (Phi) is 4.83. The smallest absolute Gasteiger partial charge is 0.0844 e. The summed E-state index contributed by atoms with van der Waals surface area (Å²) >= 11 is 0. The monoisotopic (exact) mass is 240 g/mol. The summed E-state index contributed by atoms with van der Waals surface area (Å²) in [6.07, 6.45) is 13.0. The van der Waals surface area contributed by atoms with E-state index in [4.69, 9.17) is 10.6 Å². The van der Waals surface area contributed by atoms with Crippen LogP contribution in [0.5, 0.6) is 0 Å². The van der Waals surface area contributed by atoms with Crippen molar-refractivity contribution in [1.82, 2.24) is 5.43 Å². The molecule has 1 atom stereocenters. The number of nitrogens with two attached hydrogens (primary N) is 1. The third kappa shape index (κ3) is 3.01. The van der Waals surface area contributed by atoms with Crippen molar-refractivity contribution in [1.29, 1.82) is 0 Å². The van der Waals surface area contributed by atoms with Gasteiger partial charge >= 0.3 is 0 Å². The van der Waals surface area contributed by atoms with Crippen LogP contribution in [0.4, 0.5) is 0 Å². The first-order valence-electron chi connectivity index (χ1n) is 7.32. The number of hydrogen-bond acceptors (Lipinski definition) is 3. The van der Waals surface area contributed by atoms with Gasteiger partial charge in [-0.15, -0.1) is 0 Å². The van der Waals surface area contributed by atoms with Crippen LogP contribution in [0.2, 0.25) is 0 Å². The Morgan fingerprint density at radius 3 is 2.24 bits per heavy atom. The van der Waals surface area contributed by atoms with E-state index in [2.05, 4.69) is 5.43 Å². The van der Waals surface area contributed by atoms with E-state index in [9.17, 15) is 0 Å². The Bertz CT molecular complexity index is 220. The predicted molar refractivity (Wildman–Crippen MR) is 70.5 cm³/mol. The summed E-state index contributed by atoms with van der Waals surface area (Å²) in [7, 11) is 1.87. The van der Waals surface area contributed by atoms with Gasteiger partial charge in [0.15, 0.2) is 0 Å². The molecule has 0 heterocycles. The van der Waals surface area contributed by atoms with Crippen molar-refractivity contribution in [3.63, 3.8) is 0 Å². The Hall–Kier alpha value is -0.120. The molecule has 2 fully saturated rings. The molecular weight excluding hydrogens is 212 g/mol. The molecule has 0 saturated heterocycles. The van der Waals surface area contributed by atoms with Crippen LogP contribution in [0.25, 0.3) is 0 Å². The maximum atomic E-state index is 5.94. The number of nitrogens with one attached hydrogen (secondary N) is 1. The van der Waals surface area contributed by atoms with Crippen LogP contribution in [-0.2, 0) is 4.74 Å². The second-order valence-corrected chi connectivity index (χ2v) is 5.93. The van der Waals surface area contributed by atoms with Crippen molar-refractivity contribution >= 4 is 0 Å². The van der Waals surface area contributed by atoms with Gasteiger partial charge in [0.25, 0.3) is 0 Å². The summed E-state index contributed by atoms with van der Waals surface area (Å²) in [5.41, 5.74) is 3.07. The van der Waals surface area contributed by atoms with E-state index in [0.717, 1.165) is 5.92 Å². The minimum absolute atomic E-state index is 0.000833. The first kappa shape index (κ1) is 13.3. The lowest BCUT2D eigenvalue weighted by Crippen LogP contribution is -2.55. The van der Waals surface area contributed by atoms with Gasteiger partial charge in [0.05, 0.1) is 11.6 Å². The highest BCUT2D eigenvalue weighted by Crippen LogP contribution is 2.38. The average Bonchev–Trinajstić information content (AvgIpc) is 2.54. The second-order valence-electron chi connectivity index (χ2n) is 5.93. The minimum Gasteiger partial charge on any atom is -0.377 e. The molecule has 0 aromatic carbocycles. The van der Waals surface area contributed by atoms with Crippen LogP contribution < -0.4 is 11.3 Å². The van der Waals surface area contributed by atoms with Gasteiger partial charge in [0.1, 0.15) is 0 Å². The summed E-state index contributed by atoms with van der Waals surface area (Å²) in [5.74, 6) is 6.69. The van der Waals surface area contributed by atoms with Gasteiger partial charge in [-0.25, -0.2) is 0 Å². The lowest BCUT2D eigenvalue weighted by molar-refractivity contribution is -0.0609. The molecule has 2 aliphatic carbocycles. The Labute approximate surface area is 105 Å². The molecular formula is C14H28N2O. The van der Waals surface area contributed by atoms with E-state index in [0.29, 0.717) is 6.04 Å². The Morgan fingerprint density at radius 2 is 1.82 bits per heavy atom. The zero-order valence-corrected chi connectivity index (χ0v) is 11.2. The van der Waals surface area contributed by atoms with Crippen molar-refractivity contribution < 1.29 is 4.74 Å². The van der Waals surface area contributed by atoms with Crippen LogP contribution in [0, 0.1) is 5.92 Å². The van der Waals surface area contributed by atoms with Gasteiger partial charge in [-0.3, -0.25) is 11.3 Å². The maximum absolute atomic E-state index is 5.94. The van der Waals surface area contributed by atoms with Crippen LogP contribution in [0.3, 0.4) is 0 Å². The maximum Gasteiger partial charge on any atom is 0.0844 e. The van der Waals surface area contributed by atoms with E-state index in [-0.39, 0.29) is 5.60 Å². The normalized spacial score (nSPS) is 27.2. The molecule has 100 valence electrons. The van der Waals surface area contributed by atoms with Crippen molar-refractivity contribution in [2.75, 3.05) is 7.11 Å². The summed E-state index contributed by atoms with van der Waals surface area (Å²) in [6, 6.07) is 0.343. The Morgan fingerprint density at radius 1 is 1.18 bits per heavy atom. The number of hydrazine groups is 1. The third-order valence-electron chi connectivity index (χ3n) is 4.99. The molecule has 3 N–H and O–H groups in total. The molecule has 2 saturated carbocycles. The third-order valence-corrected chi connectivity index (χ3v) is 4.99. The fraction of sp³-hybridized carbons (Fsp3) is 1.00. The zero-order chi connectivity index (χ0) is 12.1. The minimum atomic E-state index is 0.000833. The summed E-state index contributed by atoms with van der Waals surface area (Å²) in [6.45, 7) is 0. The quantitative estimate of drug-likeness (QED) is 0.441. The van der Waals surface area contributed by atoms with Crippen molar-refractivity contribution in [2.24, 2.45) is 11.8 Å². The van der Waals surface area contributed by atoms with Gasteiger partial charge in [-0.1, -0.05) is 44.9 Å². The van der Waals surface area contributed by atoms with Crippen molar-refractivity contribution in [2.45, 2.75) is 75.9 Å². The first-order chi connectivity index (χ1) is 8.30. The number of rotatable bonds is 5. The molecule has 0 spiro atoms. The summed E-state index contributed by atoms with van der Waals surface area (Å²) < 4.78 is 5.94. The average molecular weight is 240 g/mol. The van der Waals surface area contributed by atoms with Crippen LogP contribution in [-0.4, -0.2) is 18.8 Å². The first-order valence-corrected chi connectivity index (χ1v) is 7.32. The molecule has 0 radical (unpaired) electrons. The van der Waals surface area contributed by atoms with Gasteiger partial charge in [0, 0.05) is 7.11 Å². The number of hydrogen-bond donors (Lipinski definition) is 2. The highest BCUT2D eigenvalue weighted by Gasteiger charge is 2.40. The molecule has 2 aliphatic rings. The standard InChI is InChI=1S/C14H28N2O/c1-17-14(9-4-2-3-5-10-14)13(16-15)11-12-7-6-8-12/h12-13,16H,2-11,15H2,1H3. The molecule has 0 bridgehead atoms. The van der Waals surface area contributed by atoms with Gasteiger partial charge in [0.2, 0.25) is 0 Å². The molecule has 3 heteroatoms. The largest absolute Gasteiger partial charge is 0.377 e. The molecule has 0 aromatic heterocycles. The highest BCUT2D eigenvalue weighted by molar-refractivity contribution is 4.95. The van der Waals surface area contributed by atoms with Gasteiger partial charge < -0.3 is 4.74 Å². The molecule has 2 rings (SSSR count). The number of ether oxygens (including phenoxy) is 1. The number of methoxy groups -OCH3 is 1. The highest BCUT2D eigenvalue weighted by atomic mass is 16.5. The molecule has 0 aromatic rings. The van der Waals surface area contributed by atoms with Crippen molar-refractivity contribution in [3.05, 3.63) is 0 Å². The fourth-order valence-electron chi connectivity index (χ4n) is 3.52. The van der Waals surface area contributed by atoms with E-state index >= 15 is 0 Å². The van der Waals surface area contributed by atoms with E-state index < -0.39 is 0 Å². The molecule has 17 heavy (non-hydrogen) atoms. The fourth-order valence-corrected chi connectivity index (χ4v) is 3.52. The molecule has 0 aliphatic heterocycles. The molecule has 3 nitrogen and oxygen atoms in total. The van der Waals surface area contributed by atoms with Crippen LogP contribution >= 0.6 is 0 Å². The van der Waals surface area contributed by atoms with Gasteiger partial charge in [-0.05, 0) is 25.2 Å². The van der Waals surface area contributed by atoms with Gasteiger partial charge in [-0.2, -0.15) is 0 Å². The van der Waals surface area contributed by atoms with Crippen molar-refractivity contribution in [3.8, 4) is 0 Å². The van der Waals surface area contributed by atoms with Crippen LogP contribution in [0.1, 0.15) is 64.2 Å². The topological polar surface area (TPSA) is 47.3 Å². The van der Waals surface area contributed by atoms with E-state index in [1.54, 1.807) is 0 Å². The SMILES string of the molecule is COC1(C(CC2CCC2)NN)CCCCCC1. The lowest BCUT2D eigenvalue weighted by Gasteiger charge is -2.42. The predicted octanol–water partition coefficient (Wildman–Crippen LogP) is 2.75. The van der Waals surface area contributed by atoms with Crippen LogP contribution in [0.15, 0.2) is 0 Å². The lowest BCUT2D eigenvalue weighted by atomic mass is 9.75. The molecule has 0 amide bonds. The second kappa shape index (κ2) is 6.17. The summed E-state index contributed by atoms with van der Waals surface area (Å²) in [4.78, 5) is 0. The zero-order valence-electron chi connectivity index (χ0n) is 11.2. The van der Waals surface area contributed by atoms with E-state index in [1.807, 2.05) is 7.11 Å². The molecule has 1 unspecified atom stereocenters. The summed E-state index contributed by atoms with van der Waals surface area (Å²) in [5, 5.41) is 0. The Balaban J connectivity index is 2.00.